The van der Waals surface area contributed by atoms with Crippen LogP contribution in [0.4, 0.5) is 5.69 Å². The summed E-state index contributed by atoms with van der Waals surface area (Å²) in [5.74, 6) is -0.186. The quantitative estimate of drug-likeness (QED) is 0.828. The van der Waals surface area contributed by atoms with Gasteiger partial charge in [-0.3, -0.25) is 9.78 Å². The molecule has 1 amide bonds. The number of nitrogens with one attached hydrogen (secondary N) is 1. The molecule has 1 atom stereocenters. The van der Waals surface area contributed by atoms with Crippen LogP contribution in [-0.2, 0) is 0 Å². The molecule has 19 heavy (non-hydrogen) atoms. The molecule has 4 nitrogen and oxygen atoms in total. The predicted molar refractivity (Wildman–Crippen MR) is 75.7 cm³/mol. The first-order chi connectivity index (χ1) is 9.09. The predicted octanol–water partition coefficient (Wildman–Crippen LogP) is 2.46. The Morgan fingerprint density at radius 1 is 1.26 bits per heavy atom. The van der Waals surface area contributed by atoms with E-state index in [1.807, 2.05) is 50.2 Å². The van der Waals surface area contributed by atoms with E-state index in [-0.39, 0.29) is 11.9 Å². The second kappa shape index (κ2) is 5.52. The highest BCUT2D eigenvalue weighted by Gasteiger charge is 2.15. The largest absolute Gasteiger partial charge is 0.398 e. The molecule has 2 aromatic rings. The van der Waals surface area contributed by atoms with Gasteiger partial charge in [0, 0.05) is 11.9 Å². The van der Waals surface area contributed by atoms with Gasteiger partial charge in [0.25, 0.3) is 5.91 Å². The summed E-state index contributed by atoms with van der Waals surface area (Å²) >= 11 is 0. The van der Waals surface area contributed by atoms with Crippen LogP contribution in [0.25, 0.3) is 0 Å². The number of pyridine rings is 1. The van der Waals surface area contributed by atoms with Crippen LogP contribution in [-0.4, -0.2) is 10.9 Å². The summed E-state index contributed by atoms with van der Waals surface area (Å²) in [4.78, 5) is 16.3. The first-order valence-electron chi connectivity index (χ1n) is 6.16. The fourth-order valence-corrected chi connectivity index (χ4v) is 1.97. The molecule has 0 aliphatic heterocycles. The van der Waals surface area contributed by atoms with Crippen molar-refractivity contribution in [2.75, 3.05) is 5.73 Å². The second-order valence-corrected chi connectivity index (χ2v) is 4.49. The van der Waals surface area contributed by atoms with Crippen molar-refractivity contribution in [1.29, 1.82) is 0 Å². The van der Waals surface area contributed by atoms with E-state index in [4.69, 9.17) is 5.73 Å². The van der Waals surface area contributed by atoms with Gasteiger partial charge >= 0.3 is 0 Å². The Hall–Kier alpha value is -2.36. The van der Waals surface area contributed by atoms with E-state index in [1.165, 1.54) is 0 Å². The number of hydrogen-bond acceptors (Lipinski definition) is 3. The molecule has 0 saturated heterocycles. The van der Waals surface area contributed by atoms with E-state index in [2.05, 4.69) is 10.3 Å². The zero-order chi connectivity index (χ0) is 13.8. The molecule has 0 radical (unpaired) electrons. The lowest BCUT2D eigenvalue weighted by Gasteiger charge is -2.16. The van der Waals surface area contributed by atoms with E-state index in [1.54, 1.807) is 6.20 Å². The minimum absolute atomic E-state index is 0.157. The molecule has 0 saturated carbocycles. The van der Waals surface area contributed by atoms with Crippen molar-refractivity contribution >= 4 is 11.6 Å². The van der Waals surface area contributed by atoms with Crippen LogP contribution in [0.5, 0.6) is 0 Å². The number of nitrogens with two attached hydrogens (primary N) is 1. The molecule has 4 heteroatoms. The van der Waals surface area contributed by atoms with Crippen molar-refractivity contribution in [2.45, 2.75) is 19.9 Å². The van der Waals surface area contributed by atoms with Gasteiger partial charge in [-0.25, -0.2) is 0 Å². The number of aromatic nitrogens is 1. The number of carbonyl (C=O) groups is 1. The number of nitrogens with zero attached hydrogens (tertiary/aromatic N) is 1. The summed E-state index contributed by atoms with van der Waals surface area (Å²) in [5, 5.41) is 2.91. The molecule has 0 spiro atoms. The average Bonchev–Trinajstić information content (AvgIpc) is 2.39. The summed E-state index contributed by atoms with van der Waals surface area (Å²) < 4.78 is 0. The van der Waals surface area contributed by atoms with Gasteiger partial charge in [0.15, 0.2) is 0 Å². The van der Waals surface area contributed by atoms with E-state index in [9.17, 15) is 4.79 Å². The number of rotatable bonds is 3. The standard InChI is InChI=1S/C15H17N3O/c1-10-6-5-9-17-14(10)15(19)18-11(2)12-7-3-4-8-13(12)16/h3-9,11H,16H2,1-2H3,(H,18,19). The topological polar surface area (TPSA) is 68.0 Å². The number of anilines is 1. The average molecular weight is 255 g/mol. The van der Waals surface area contributed by atoms with Crippen LogP contribution in [0.2, 0.25) is 0 Å². The molecule has 2 rings (SSSR count). The van der Waals surface area contributed by atoms with Gasteiger partial charge in [0.1, 0.15) is 5.69 Å². The molecule has 0 bridgehead atoms. The van der Waals surface area contributed by atoms with E-state index >= 15 is 0 Å². The van der Waals surface area contributed by atoms with Crippen LogP contribution in [0.3, 0.4) is 0 Å². The first-order valence-corrected chi connectivity index (χ1v) is 6.16. The molecule has 0 fully saturated rings. The van der Waals surface area contributed by atoms with Gasteiger partial charge in [0.05, 0.1) is 6.04 Å². The maximum absolute atomic E-state index is 12.1. The monoisotopic (exact) mass is 255 g/mol. The number of aryl methyl sites for hydroxylation is 1. The maximum Gasteiger partial charge on any atom is 0.270 e. The van der Waals surface area contributed by atoms with Crippen molar-refractivity contribution < 1.29 is 4.79 Å². The number of hydrogen-bond donors (Lipinski definition) is 2. The molecule has 1 unspecified atom stereocenters. The Morgan fingerprint density at radius 2 is 2.00 bits per heavy atom. The fourth-order valence-electron chi connectivity index (χ4n) is 1.97. The van der Waals surface area contributed by atoms with E-state index < -0.39 is 0 Å². The van der Waals surface area contributed by atoms with Crippen LogP contribution in [0, 0.1) is 6.92 Å². The third kappa shape index (κ3) is 2.91. The summed E-state index contributed by atoms with van der Waals surface area (Å²) in [6.45, 7) is 3.77. The molecule has 0 aliphatic rings. The Balaban J connectivity index is 2.16. The van der Waals surface area contributed by atoms with E-state index in [0.717, 1.165) is 11.1 Å². The molecular weight excluding hydrogens is 238 g/mol. The van der Waals surface area contributed by atoms with Crippen molar-refractivity contribution in [3.05, 3.63) is 59.4 Å². The molecule has 98 valence electrons. The van der Waals surface area contributed by atoms with Crippen LogP contribution in [0.1, 0.15) is 34.6 Å². The molecular formula is C15H17N3O. The van der Waals surface area contributed by atoms with Crippen molar-refractivity contribution in [2.24, 2.45) is 0 Å². The van der Waals surface area contributed by atoms with Crippen molar-refractivity contribution in [1.82, 2.24) is 10.3 Å². The van der Waals surface area contributed by atoms with Gasteiger partial charge in [-0.05, 0) is 37.1 Å². The van der Waals surface area contributed by atoms with Crippen LogP contribution in [0.15, 0.2) is 42.6 Å². The zero-order valence-electron chi connectivity index (χ0n) is 11.1. The molecule has 1 aromatic carbocycles. The Morgan fingerprint density at radius 3 is 2.68 bits per heavy atom. The molecule has 1 aromatic heterocycles. The Kier molecular flexibility index (Phi) is 3.80. The summed E-state index contributed by atoms with van der Waals surface area (Å²) in [6.07, 6.45) is 1.61. The third-order valence-electron chi connectivity index (χ3n) is 3.03. The fraction of sp³-hybridized carbons (Fsp3) is 0.200. The van der Waals surface area contributed by atoms with Crippen molar-refractivity contribution in [3.63, 3.8) is 0 Å². The molecule has 1 heterocycles. The summed E-state index contributed by atoms with van der Waals surface area (Å²) in [7, 11) is 0. The highest BCUT2D eigenvalue weighted by atomic mass is 16.1. The smallest absolute Gasteiger partial charge is 0.270 e. The Bertz CT molecular complexity index is 595. The Labute approximate surface area is 112 Å². The minimum atomic E-state index is -0.186. The normalized spacial score (nSPS) is 11.9. The van der Waals surface area contributed by atoms with Crippen molar-refractivity contribution in [3.8, 4) is 0 Å². The summed E-state index contributed by atoms with van der Waals surface area (Å²) in [5.41, 5.74) is 8.78. The number of nitrogen functional groups attached to an aromatic ring is 1. The lowest BCUT2D eigenvalue weighted by Crippen LogP contribution is -2.28. The maximum atomic E-state index is 12.1. The van der Waals surface area contributed by atoms with Gasteiger partial charge in [-0.2, -0.15) is 0 Å². The minimum Gasteiger partial charge on any atom is -0.398 e. The number of amides is 1. The summed E-state index contributed by atoms with van der Waals surface area (Å²) in [6, 6.07) is 11.0. The lowest BCUT2D eigenvalue weighted by atomic mass is 10.1. The van der Waals surface area contributed by atoms with Crippen LogP contribution < -0.4 is 11.1 Å². The molecule has 3 N–H and O–H groups in total. The number of carbonyl (C=O) groups excluding carboxylic acids is 1. The number of benzene rings is 1. The first kappa shape index (κ1) is 13.1. The third-order valence-corrected chi connectivity index (χ3v) is 3.03. The van der Waals surface area contributed by atoms with Crippen LogP contribution >= 0.6 is 0 Å². The van der Waals surface area contributed by atoms with Gasteiger partial charge in [-0.1, -0.05) is 24.3 Å². The zero-order valence-corrected chi connectivity index (χ0v) is 11.1. The van der Waals surface area contributed by atoms with Gasteiger partial charge in [0.2, 0.25) is 0 Å². The SMILES string of the molecule is Cc1cccnc1C(=O)NC(C)c1ccccc1N. The van der Waals surface area contributed by atoms with Gasteiger partial charge < -0.3 is 11.1 Å². The molecule has 0 aliphatic carbocycles. The highest BCUT2D eigenvalue weighted by molar-refractivity contribution is 5.93. The highest BCUT2D eigenvalue weighted by Crippen LogP contribution is 2.19. The number of para-hydroxylation sites is 1. The van der Waals surface area contributed by atoms with E-state index in [0.29, 0.717) is 11.4 Å². The second-order valence-electron chi connectivity index (χ2n) is 4.49. The van der Waals surface area contributed by atoms with Gasteiger partial charge in [-0.15, -0.1) is 0 Å². The lowest BCUT2D eigenvalue weighted by molar-refractivity contribution is 0.0934.